The van der Waals surface area contributed by atoms with Crippen molar-refractivity contribution in [3.05, 3.63) is 89.4 Å². The van der Waals surface area contributed by atoms with Crippen molar-refractivity contribution in [2.75, 3.05) is 15.9 Å². The minimum absolute atomic E-state index is 0.303. The number of carbonyl (C=O) groups is 1. The van der Waals surface area contributed by atoms with E-state index in [0.717, 1.165) is 21.9 Å². The fourth-order valence-corrected chi connectivity index (χ4v) is 5.53. The molecule has 0 aliphatic heterocycles. The molecule has 3 aromatic rings. The van der Waals surface area contributed by atoms with Gasteiger partial charge < -0.3 is 5.32 Å². The number of hydrogen-bond donors (Lipinski definition) is 1. The molecule has 1 unspecified atom stereocenters. The molecule has 3 rings (SSSR count). The smallest absolute Gasteiger partial charge is 0.248 e. The molecule has 0 radical (unpaired) electrons. The molecule has 0 spiro atoms. The van der Waals surface area contributed by atoms with Gasteiger partial charge in [-0.05, 0) is 54.4 Å². The third kappa shape index (κ3) is 6.51. The van der Waals surface area contributed by atoms with Crippen LogP contribution < -0.4 is 9.62 Å². The number of rotatable bonds is 9. The molecular formula is C24H25ClN2O3S2. The fourth-order valence-electron chi connectivity index (χ4n) is 3.27. The van der Waals surface area contributed by atoms with Crippen LogP contribution in [0.2, 0.25) is 5.02 Å². The van der Waals surface area contributed by atoms with Crippen LogP contribution in [0.1, 0.15) is 18.9 Å². The molecule has 0 saturated carbocycles. The molecule has 0 saturated heterocycles. The quantitative estimate of drug-likeness (QED) is 0.385. The van der Waals surface area contributed by atoms with E-state index in [4.69, 9.17) is 11.6 Å². The lowest BCUT2D eigenvalue weighted by Crippen LogP contribution is -2.47. The van der Waals surface area contributed by atoms with Gasteiger partial charge in [0.15, 0.2) is 0 Å². The highest BCUT2D eigenvalue weighted by Gasteiger charge is 2.31. The zero-order valence-corrected chi connectivity index (χ0v) is 20.3. The predicted molar refractivity (Wildman–Crippen MR) is 134 cm³/mol. The van der Waals surface area contributed by atoms with Gasteiger partial charge in [-0.2, -0.15) is 0 Å². The number of nitrogens with one attached hydrogen (secondary N) is 1. The van der Waals surface area contributed by atoms with Crippen LogP contribution in [0.5, 0.6) is 0 Å². The van der Waals surface area contributed by atoms with E-state index in [-0.39, 0.29) is 0 Å². The van der Waals surface area contributed by atoms with E-state index in [0.29, 0.717) is 22.8 Å². The van der Waals surface area contributed by atoms with Crippen molar-refractivity contribution in [2.24, 2.45) is 0 Å². The number of amides is 1. The number of hydrogen-bond acceptors (Lipinski definition) is 4. The van der Waals surface area contributed by atoms with Crippen molar-refractivity contribution in [3.8, 4) is 0 Å². The van der Waals surface area contributed by atoms with Crippen LogP contribution >= 0.6 is 23.4 Å². The van der Waals surface area contributed by atoms with Gasteiger partial charge in [0.1, 0.15) is 6.04 Å². The molecule has 0 aromatic heterocycles. The third-order valence-electron chi connectivity index (χ3n) is 4.76. The second kappa shape index (κ2) is 10.9. The number of benzene rings is 3. The number of carbonyl (C=O) groups excluding carboxylic acids is 1. The van der Waals surface area contributed by atoms with Gasteiger partial charge in [0.2, 0.25) is 15.9 Å². The summed E-state index contributed by atoms with van der Waals surface area (Å²) in [5.74, 6) is 0.413. The van der Waals surface area contributed by atoms with Crippen molar-refractivity contribution >= 4 is 50.7 Å². The van der Waals surface area contributed by atoms with Crippen LogP contribution in [0.15, 0.2) is 83.8 Å². The molecular weight excluding hydrogens is 464 g/mol. The first-order chi connectivity index (χ1) is 15.3. The monoisotopic (exact) mass is 488 g/mol. The Bertz CT molecular complexity index is 1150. The van der Waals surface area contributed by atoms with Gasteiger partial charge in [-0.1, -0.05) is 54.9 Å². The van der Waals surface area contributed by atoms with E-state index >= 15 is 0 Å². The Kier molecular flexibility index (Phi) is 8.23. The Balaban J connectivity index is 1.72. The molecule has 5 nitrogen and oxygen atoms in total. The number of sulfonamides is 1. The summed E-state index contributed by atoms with van der Waals surface area (Å²) in [5, 5.41) is 3.24. The molecule has 1 atom stereocenters. The van der Waals surface area contributed by atoms with Crippen LogP contribution in [0, 0.1) is 0 Å². The third-order valence-corrected chi connectivity index (χ3v) is 7.26. The van der Waals surface area contributed by atoms with E-state index in [1.54, 1.807) is 36.9 Å². The molecule has 8 heteroatoms. The van der Waals surface area contributed by atoms with Gasteiger partial charge in [-0.3, -0.25) is 9.10 Å². The normalized spacial score (nSPS) is 12.2. The van der Waals surface area contributed by atoms with Crippen LogP contribution in [0.4, 0.5) is 11.4 Å². The van der Waals surface area contributed by atoms with Crippen LogP contribution in [0.25, 0.3) is 0 Å². The van der Waals surface area contributed by atoms with Gasteiger partial charge in [0.25, 0.3) is 0 Å². The minimum atomic E-state index is -3.71. The molecule has 1 amide bonds. The van der Waals surface area contributed by atoms with Crippen LogP contribution in [-0.2, 0) is 20.6 Å². The Morgan fingerprint density at radius 1 is 1.03 bits per heavy atom. The summed E-state index contributed by atoms with van der Waals surface area (Å²) in [4.78, 5) is 14.2. The van der Waals surface area contributed by atoms with E-state index in [9.17, 15) is 13.2 Å². The Morgan fingerprint density at radius 2 is 1.72 bits per heavy atom. The molecule has 168 valence electrons. The van der Waals surface area contributed by atoms with E-state index < -0.39 is 22.0 Å². The van der Waals surface area contributed by atoms with Crippen molar-refractivity contribution in [1.82, 2.24) is 0 Å². The van der Waals surface area contributed by atoms with Crippen LogP contribution in [-0.4, -0.2) is 26.6 Å². The van der Waals surface area contributed by atoms with Crippen molar-refractivity contribution in [1.29, 1.82) is 0 Å². The van der Waals surface area contributed by atoms with Crippen molar-refractivity contribution < 1.29 is 13.2 Å². The predicted octanol–water partition coefficient (Wildman–Crippen LogP) is 5.82. The summed E-state index contributed by atoms with van der Waals surface area (Å²) in [7, 11) is -3.71. The van der Waals surface area contributed by atoms with Gasteiger partial charge >= 0.3 is 0 Å². The molecule has 32 heavy (non-hydrogen) atoms. The summed E-state index contributed by atoms with van der Waals surface area (Å²) in [5.41, 5.74) is 2.09. The molecule has 0 bridgehead atoms. The van der Waals surface area contributed by atoms with Crippen molar-refractivity contribution in [2.45, 2.75) is 30.0 Å². The Labute approximate surface area is 198 Å². The summed E-state index contributed by atoms with van der Waals surface area (Å²) in [6, 6.07) is 23.3. The maximum atomic E-state index is 13.0. The number of anilines is 2. The highest BCUT2D eigenvalue weighted by Crippen LogP contribution is 2.27. The fraction of sp³-hybridized carbons (Fsp3) is 0.208. The molecule has 3 aromatic carbocycles. The van der Waals surface area contributed by atoms with E-state index in [1.807, 2.05) is 42.5 Å². The zero-order chi connectivity index (χ0) is 23.1. The van der Waals surface area contributed by atoms with E-state index in [2.05, 4.69) is 17.4 Å². The van der Waals surface area contributed by atoms with Crippen LogP contribution in [0.3, 0.4) is 0 Å². The Morgan fingerprint density at radius 3 is 2.31 bits per heavy atom. The topological polar surface area (TPSA) is 66.5 Å². The average Bonchev–Trinajstić information content (AvgIpc) is 2.76. The standard InChI is InChI=1S/C24H25ClN2O3S2/c1-3-23(27(32(2,29)30)21-9-7-8-19(25)16-21)24(28)26-20-14-12-18(13-15-20)17-31-22-10-5-4-6-11-22/h4-16,23H,3,17H2,1-2H3,(H,26,28). The minimum Gasteiger partial charge on any atom is -0.324 e. The average molecular weight is 489 g/mol. The maximum Gasteiger partial charge on any atom is 0.248 e. The first-order valence-corrected chi connectivity index (χ1v) is 13.3. The summed E-state index contributed by atoms with van der Waals surface area (Å²) < 4.78 is 26.2. The lowest BCUT2D eigenvalue weighted by molar-refractivity contribution is -0.117. The SMILES string of the molecule is CCC(C(=O)Nc1ccc(CSc2ccccc2)cc1)N(c1cccc(Cl)c1)S(C)(=O)=O. The Hall–Kier alpha value is -2.48. The molecule has 1 N–H and O–H groups in total. The molecule has 0 fully saturated rings. The lowest BCUT2D eigenvalue weighted by Gasteiger charge is -2.30. The van der Waals surface area contributed by atoms with Gasteiger partial charge in [-0.15, -0.1) is 11.8 Å². The maximum absolute atomic E-state index is 13.0. The number of halogens is 1. The van der Waals surface area contributed by atoms with E-state index in [1.165, 1.54) is 11.0 Å². The number of nitrogens with zero attached hydrogens (tertiary/aromatic N) is 1. The molecule has 0 aliphatic rings. The molecule has 0 aliphatic carbocycles. The first kappa shape index (κ1) is 24.2. The highest BCUT2D eigenvalue weighted by molar-refractivity contribution is 7.98. The zero-order valence-electron chi connectivity index (χ0n) is 17.9. The largest absolute Gasteiger partial charge is 0.324 e. The molecule has 0 heterocycles. The van der Waals surface area contributed by atoms with Gasteiger partial charge in [0.05, 0.1) is 11.9 Å². The first-order valence-electron chi connectivity index (χ1n) is 10.1. The van der Waals surface area contributed by atoms with Crippen molar-refractivity contribution in [3.63, 3.8) is 0 Å². The summed E-state index contributed by atoms with van der Waals surface area (Å²) in [6.07, 6.45) is 1.39. The second-order valence-electron chi connectivity index (χ2n) is 7.25. The summed E-state index contributed by atoms with van der Waals surface area (Å²) >= 11 is 7.79. The highest BCUT2D eigenvalue weighted by atomic mass is 35.5. The second-order valence-corrected chi connectivity index (χ2v) is 10.6. The van der Waals surface area contributed by atoms with Gasteiger partial charge in [-0.25, -0.2) is 8.42 Å². The van der Waals surface area contributed by atoms with Gasteiger partial charge in [0, 0.05) is 21.4 Å². The summed E-state index contributed by atoms with van der Waals surface area (Å²) in [6.45, 7) is 1.77. The lowest BCUT2D eigenvalue weighted by atomic mass is 10.1. The number of thioether (sulfide) groups is 1.